The van der Waals surface area contributed by atoms with Crippen molar-refractivity contribution in [1.82, 2.24) is 4.98 Å². The third kappa shape index (κ3) is 4.31. The summed E-state index contributed by atoms with van der Waals surface area (Å²) in [5.41, 5.74) is 0.291. The van der Waals surface area contributed by atoms with Gasteiger partial charge in [0.25, 0.3) is 10.0 Å². The Morgan fingerprint density at radius 1 is 1.38 bits per heavy atom. The van der Waals surface area contributed by atoms with E-state index in [4.69, 9.17) is 5.26 Å². The molecule has 2 rings (SSSR count). The molecule has 1 aromatic heterocycles. The van der Waals surface area contributed by atoms with Crippen molar-refractivity contribution in [2.24, 2.45) is 0 Å². The summed E-state index contributed by atoms with van der Waals surface area (Å²) < 4.78 is 31.1. The standard InChI is InChI=1S/C14H12N4O4S2/c1-22-13(19)10(8-15)9-17-11-2-4-12(5-3-11)24(20,21)18-14-16-6-7-23-14/h2-7,9,17H,1H3,(H,16,18)/b10-9-. The number of anilines is 2. The Hall–Kier alpha value is -2.90. The molecular weight excluding hydrogens is 352 g/mol. The van der Waals surface area contributed by atoms with Crippen LogP contribution in [0.15, 0.2) is 52.5 Å². The van der Waals surface area contributed by atoms with Gasteiger partial charge in [0.15, 0.2) is 10.7 Å². The van der Waals surface area contributed by atoms with E-state index in [0.717, 1.165) is 0 Å². The topological polar surface area (TPSA) is 121 Å². The molecule has 10 heteroatoms. The van der Waals surface area contributed by atoms with E-state index in [0.29, 0.717) is 5.69 Å². The normalized spacial score (nSPS) is 11.4. The van der Waals surface area contributed by atoms with Crippen LogP contribution in [0.3, 0.4) is 0 Å². The number of carbonyl (C=O) groups is 1. The van der Waals surface area contributed by atoms with Crippen molar-refractivity contribution < 1.29 is 17.9 Å². The molecule has 24 heavy (non-hydrogen) atoms. The largest absolute Gasteiger partial charge is 0.465 e. The van der Waals surface area contributed by atoms with Crippen molar-refractivity contribution in [2.75, 3.05) is 17.1 Å². The zero-order valence-electron chi connectivity index (χ0n) is 12.4. The Morgan fingerprint density at radius 3 is 2.62 bits per heavy atom. The summed E-state index contributed by atoms with van der Waals surface area (Å²) in [7, 11) is -2.56. The summed E-state index contributed by atoms with van der Waals surface area (Å²) in [6.45, 7) is 0. The van der Waals surface area contributed by atoms with Crippen LogP contribution in [0.4, 0.5) is 10.8 Å². The molecule has 0 amide bonds. The Balaban J connectivity index is 2.12. The number of hydrogen-bond acceptors (Lipinski definition) is 8. The van der Waals surface area contributed by atoms with Gasteiger partial charge in [0, 0.05) is 23.5 Å². The molecule has 0 aliphatic heterocycles. The van der Waals surface area contributed by atoms with Gasteiger partial charge < -0.3 is 10.1 Å². The number of methoxy groups -OCH3 is 1. The van der Waals surface area contributed by atoms with Crippen LogP contribution < -0.4 is 10.0 Å². The number of thiazole rings is 1. The third-order valence-electron chi connectivity index (χ3n) is 2.73. The number of esters is 1. The average molecular weight is 364 g/mol. The number of aromatic nitrogens is 1. The van der Waals surface area contributed by atoms with E-state index >= 15 is 0 Å². The Kier molecular flexibility index (Phi) is 5.51. The van der Waals surface area contributed by atoms with E-state index in [1.807, 2.05) is 0 Å². The van der Waals surface area contributed by atoms with Crippen molar-refractivity contribution in [2.45, 2.75) is 4.90 Å². The number of rotatable bonds is 6. The first-order chi connectivity index (χ1) is 11.5. The van der Waals surface area contributed by atoms with Crippen molar-refractivity contribution >= 4 is 38.1 Å². The minimum Gasteiger partial charge on any atom is -0.465 e. The Labute approximate surface area is 142 Å². The number of nitrogens with zero attached hydrogens (tertiary/aromatic N) is 2. The van der Waals surface area contributed by atoms with E-state index in [2.05, 4.69) is 19.8 Å². The van der Waals surface area contributed by atoms with Gasteiger partial charge in [-0.3, -0.25) is 4.72 Å². The highest BCUT2D eigenvalue weighted by molar-refractivity contribution is 7.93. The summed E-state index contributed by atoms with van der Waals surface area (Å²) in [5.74, 6) is -0.767. The van der Waals surface area contributed by atoms with Gasteiger partial charge >= 0.3 is 5.97 Å². The molecule has 0 unspecified atom stereocenters. The van der Waals surface area contributed by atoms with E-state index in [1.54, 1.807) is 11.4 Å². The van der Waals surface area contributed by atoms with Crippen molar-refractivity contribution in [1.29, 1.82) is 5.26 Å². The number of benzene rings is 1. The van der Waals surface area contributed by atoms with Crippen LogP contribution in [0.1, 0.15) is 0 Å². The molecule has 0 aliphatic carbocycles. The highest BCUT2D eigenvalue weighted by atomic mass is 32.2. The molecule has 0 bridgehead atoms. The maximum absolute atomic E-state index is 12.2. The lowest BCUT2D eigenvalue weighted by molar-refractivity contribution is -0.135. The van der Waals surface area contributed by atoms with Crippen LogP contribution in [0.2, 0.25) is 0 Å². The van der Waals surface area contributed by atoms with Crippen LogP contribution in [-0.2, 0) is 19.6 Å². The summed E-state index contributed by atoms with van der Waals surface area (Å²) in [6.07, 6.45) is 2.68. The first-order valence-corrected chi connectivity index (χ1v) is 8.80. The molecule has 2 N–H and O–H groups in total. The predicted molar refractivity (Wildman–Crippen MR) is 88.7 cm³/mol. The van der Waals surface area contributed by atoms with E-state index in [1.165, 1.54) is 55.1 Å². The summed E-state index contributed by atoms with van der Waals surface area (Å²) in [5, 5.41) is 13.5. The number of sulfonamides is 1. The molecule has 1 heterocycles. The van der Waals surface area contributed by atoms with Gasteiger partial charge in [-0.1, -0.05) is 0 Å². The first-order valence-electron chi connectivity index (χ1n) is 6.44. The molecule has 0 fully saturated rings. The van der Waals surface area contributed by atoms with E-state index < -0.39 is 16.0 Å². The molecule has 0 spiro atoms. The molecule has 0 saturated carbocycles. The second-order valence-electron chi connectivity index (χ2n) is 4.27. The monoisotopic (exact) mass is 364 g/mol. The number of carbonyl (C=O) groups excluding carboxylic acids is 1. The first kappa shape index (κ1) is 17.5. The summed E-state index contributed by atoms with van der Waals surface area (Å²) >= 11 is 1.17. The minimum absolute atomic E-state index is 0.0562. The van der Waals surface area contributed by atoms with Crippen LogP contribution in [0.25, 0.3) is 0 Å². The lowest BCUT2D eigenvalue weighted by Crippen LogP contribution is -2.12. The van der Waals surface area contributed by atoms with Crippen LogP contribution >= 0.6 is 11.3 Å². The van der Waals surface area contributed by atoms with Crippen LogP contribution in [0.5, 0.6) is 0 Å². The highest BCUT2D eigenvalue weighted by Gasteiger charge is 2.15. The fourth-order valence-electron chi connectivity index (χ4n) is 1.58. The quantitative estimate of drug-likeness (QED) is 0.456. The van der Waals surface area contributed by atoms with Gasteiger partial charge in [0.05, 0.1) is 12.0 Å². The number of hydrogen-bond donors (Lipinski definition) is 2. The smallest absolute Gasteiger partial charge is 0.350 e. The third-order valence-corrected chi connectivity index (χ3v) is 4.90. The van der Waals surface area contributed by atoms with Gasteiger partial charge in [-0.25, -0.2) is 18.2 Å². The van der Waals surface area contributed by atoms with Crippen molar-refractivity contribution in [3.05, 3.63) is 47.6 Å². The fourth-order valence-corrected chi connectivity index (χ4v) is 3.37. The van der Waals surface area contributed by atoms with E-state index in [-0.39, 0.29) is 15.6 Å². The van der Waals surface area contributed by atoms with Gasteiger partial charge in [-0.2, -0.15) is 5.26 Å². The predicted octanol–water partition coefficient (Wildman–Crippen LogP) is 1.94. The number of nitriles is 1. The molecule has 0 aliphatic rings. The Morgan fingerprint density at radius 2 is 2.08 bits per heavy atom. The molecule has 8 nitrogen and oxygen atoms in total. The second-order valence-corrected chi connectivity index (χ2v) is 6.85. The molecule has 0 saturated heterocycles. The van der Waals surface area contributed by atoms with Crippen LogP contribution in [0, 0.1) is 11.3 Å². The molecule has 2 aromatic rings. The van der Waals surface area contributed by atoms with Crippen molar-refractivity contribution in [3.63, 3.8) is 0 Å². The van der Waals surface area contributed by atoms with Gasteiger partial charge in [-0.05, 0) is 24.3 Å². The zero-order valence-corrected chi connectivity index (χ0v) is 14.0. The Bertz CT molecular complexity index is 882. The lowest BCUT2D eigenvalue weighted by atomic mass is 10.3. The highest BCUT2D eigenvalue weighted by Crippen LogP contribution is 2.19. The fraction of sp³-hybridized carbons (Fsp3) is 0.0714. The molecule has 1 aromatic carbocycles. The van der Waals surface area contributed by atoms with Gasteiger partial charge in [0.2, 0.25) is 0 Å². The maximum Gasteiger partial charge on any atom is 0.350 e. The summed E-state index contributed by atoms with van der Waals surface area (Å²) in [4.78, 5) is 15.2. The molecule has 0 radical (unpaired) electrons. The van der Waals surface area contributed by atoms with E-state index in [9.17, 15) is 13.2 Å². The lowest BCUT2D eigenvalue weighted by Gasteiger charge is -2.06. The van der Waals surface area contributed by atoms with Gasteiger partial charge in [0.1, 0.15) is 6.07 Å². The second kappa shape index (κ2) is 7.58. The number of ether oxygens (including phenoxy) is 1. The average Bonchev–Trinajstić information content (AvgIpc) is 3.07. The molecule has 124 valence electrons. The minimum atomic E-state index is -3.73. The maximum atomic E-state index is 12.2. The zero-order chi connectivity index (χ0) is 17.6. The van der Waals surface area contributed by atoms with Gasteiger partial charge in [-0.15, -0.1) is 11.3 Å². The number of nitrogens with one attached hydrogen (secondary N) is 2. The SMILES string of the molecule is COC(=O)/C(C#N)=C\Nc1ccc(S(=O)(=O)Nc2nccs2)cc1. The summed E-state index contributed by atoms with van der Waals surface area (Å²) in [6, 6.07) is 7.46. The molecule has 0 atom stereocenters. The molecular formula is C14H12N4O4S2. The van der Waals surface area contributed by atoms with Crippen LogP contribution in [-0.4, -0.2) is 26.5 Å². The van der Waals surface area contributed by atoms with Crippen molar-refractivity contribution in [3.8, 4) is 6.07 Å².